The van der Waals surface area contributed by atoms with Crippen LogP contribution in [0.25, 0.3) is 0 Å². The molecule has 0 bridgehead atoms. The first kappa shape index (κ1) is 16.0. The Labute approximate surface area is 115 Å². The second kappa shape index (κ2) is 6.91. The number of hydrogen-bond donors (Lipinski definition) is 1. The van der Waals surface area contributed by atoms with Gasteiger partial charge in [0, 0.05) is 12.1 Å². The summed E-state index contributed by atoms with van der Waals surface area (Å²) in [5.41, 5.74) is 7.21. The van der Waals surface area contributed by atoms with E-state index in [1.165, 1.54) is 0 Å². The Hall–Kier alpha value is -1.07. The Balaban J connectivity index is 2.82. The first-order chi connectivity index (χ1) is 8.88. The first-order valence-corrected chi connectivity index (χ1v) is 8.26. The Morgan fingerprint density at radius 1 is 1.32 bits per heavy atom. The number of nitrogens with two attached hydrogens (primary N) is 1. The number of benzene rings is 1. The van der Waals surface area contributed by atoms with Crippen molar-refractivity contribution in [3.8, 4) is 5.75 Å². The van der Waals surface area contributed by atoms with Gasteiger partial charge in [0.1, 0.15) is 5.75 Å². The zero-order chi connectivity index (χ0) is 14.5. The van der Waals surface area contributed by atoms with Crippen LogP contribution in [0.1, 0.15) is 31.4 Å². The molecule has 0 aliphatic carbocycles. The van der Waals surface area contributed by atoms with Crippen molar-refractivity contribution in [3.05, 3.63) is 29.3 Å². The van der Waals surface area contributed by atoms with E-state index in [9.17, 15) is 8.42 Å². The zero-order valence-corrected chi connectivity index (χ0v) is 12.7. The standard InChI is InChI=1S/C14H23NO3S/c1-11(2)6-7-19(16,17)10-12-4-5-13(9-15)14(8-12)18-3/h4-5,8,11H,6-7,9-10,15H2,1-3H3. The van der Waals surface area contributed by atoms with Gasteiger partial charge in [0.05, 0.1) is 18.6 Å². The lowest BCUT2D eigenvalue weighted by molar-refractivity contribution is 0.409. The molecule has 0 amide bonds. The average Bonchev–Trinajstić information content (AvgIpc) is 2.36. The molecule has 1 rings (SSSR count). The fraction of sp³-hybridized carbons (Fsp3) is 0.571. The minimum Gasteiger partial charge on any atom is -0.496 e. The van der Waals surface area contributed by atoms with Crippen LogP contribution < -0.4 is 10.5 Å². The Morgan fingerprint density at radius 3 is 2.53 bits per heavy atom. The Bertz CT molecular complexity index is 509. The molecule has 0 heterocycles. The van der Waals surface area contributed by atoms with Crippen LogP contribution >= 0.6 is 0 Å². The van der Waals surface area contributed by atoms with Crippen LogP contribution in [0, 0.1) is 5.92 Å². The van der Waals surface area contributed by atoms with Crippen molar-refractivity contribution in [2.75, 3.05) is 12.9 Å². The van der Waals surface area contributed by atoms with E-state index in [1.54, 1.807) is 19.2 Å². The highest BCUT2D eigenvalue weighted by molar-refractivity contribution is 7.90. The van der Waals surface area contributed by atoms with Crippen LogP contribution in [0.15, 0.2) is 18.2 Å². The largest absolute Gasteiger partial charge is 0.496 e. The third-order valence-corrected chi connectivity index (χ3v) is 4.60. The summed E-state index contributed by atoms with van der Waals surface area (Å²) in [5, 5.41) is 0. The molecule has 0 aliphatic heterocycles. The Kier molecular flexibility index (Phi) is 5.82. The van der Waals surface area contributed by atoms with Gasteiger partial charge in [-0.25, -0.2) is 8.42 Å². The summed E-state index contributed by atoms with van der Waals surface area (Å²) in [5.74, 6) is 1.33. The van der Waals surface area contributed by atoms with Gasteiger partial charge in [-0.2, -0.15) is 0 Å². The summed E-state index contributed by atoms with van der Waals surface area (Å²) in [6, 6.07) is 5.39. The van der Waals surface area contributed by atoms with Crippen LogP contribution in [0.3, 0.4) is 0 Å². The third kappa shape index (κ3) is 5.20. The van der Waals surface area contributed by atoms with Crippen molar-refractivity contribution < 1.29 is 13.2 Å². The van der Waals surface area contributed by atoms with Crippen LogP contribution in [0.4, 0.5) is 0 Å². The normalized spacial score (nSPS) is 11.8. The van der Waals surface area contributed by atoms with E-state index in [4.69, 9.17) is 10.5 Å². The number of ether oxygens (including phenoxy) is 1. The highest BCUT2D eigenvalue weighted by atomic mass is 32.2. The second-order valence-corrected chi connectivity index (χ2v) is 7.31. The zero-order valence-electron chi connectivity index (χ0n) is 11.8. The molecule has 0 saturated carbocycles. The lowest BCUT2D eigenvalue weighted by atomic mass is 10.1. The molecule has 0 unspecified atom stereocenters. The number of rotatable bonds is 7. The molecular weight excluding hydrogens is 262 g/mol. The van der Waals surface area contributed by atoms with Crippen LogP contribution in [0.2, 0.25) is 0 Å². The maximum Gasteiger partial charge on any atom is 0.154 e. The Morgan fingerprint density at radius 2 is 2.00 bits per heavy atom. The molecule has 5 heteroatoms. The fourth-order valence-electron chi connectivity index (χ4n) is 1.79. The van der Waals surface area contributed by atoms with Gasteiger partial charge in [0.2, 0.25) is 0 Å². The molecule has 0 radical (unpaired) electrons. The van der Waals surface area contributed by atoms with Crippen molar-refractivity contribution in [1.29, 1.82) is 0 Å². The molecule has 0 fully saturated rings. The average molecular weight is 285 g/mol. The van der Waals surface area contributed by atoms with Gasteiger partial charge in [-0.05, 0) is 24.0 Å². The van der Waals surface area contributed by atoms with Gasteiger partial charge in [-0.3, -0.25) is 0 Å². The molecule has 0 aliphatic rings. The summed E-state index contributed by atoms with van der Waals surface area (Å²) in [4.78, 5) is 0. The molecule has 0 aromatic heterocycles. The first-order valence-electron chi connectivity index (χ1n) is 6.44. The fourth-order valence-corrected chi connectivity index (χ4v) is 3.45. The van der Waals surface area contributed by atoms with E-state index in [-0.39, 0.29) is 11.5 Å². The molecule has 4 nitrogen and oxygen atoms in total. The number of sulfone groups is 1. The van der Waals surface area contributed by atoms with Gasteiger partial charge in [-0.15, -0.1) is 0 Å². The highest BCUT2D eigenvalue weighted by Crippen LogP contribution is 2.21. The third-order valence-electron chi connectivity index (χ3n) is 2.96. The molecular formula is C14H23NO3S. The van der Waals surface area contributed by atoms with Crippen molar-refractivity contribution in [3.63, 3.8) is 0 Å². The lowest BCUT2D eigenvalue weighted by Gasteiger charge is -2.10. The predicted molar refractivity (Wildman–Crippen MR) is 77.8 cm³/mol. The molecule has 0 saturated heterocycles. The summed E-state index contributed by atoms with van der Waals surface area (Å²) in [6.07, 6.45) is 0.695. The van der Waals surface area contributed by atoms with Crippen LogP contribution in [0.5, 0.6) is 5.75 Å². The van der Waals surface area contributed by atoms with Gasteiger partial charge in [-0.1, -0.05) is 26.0 Å². The van der Waals surface area contributed by atoms with Crippen LogP contribution in [-0.2, 0) is 22.1 Å². The van der Waals surface area contributed by atoms with E-state index >= 15 is 0 Å². The van der Waals surface area contributed by atoms with E-state index in [2.05, 4.69) is 0 Å². The van der Waals surface area contributed by atoms with Gasteiger partial charge in [0.15, 0.2) is 9.84 Å². The van der Waals surface area contributed by atoms with Gasteiger partial charge in [0.25, 0.3) is 0 Å². The van der Waals surface area contributed by atoms with Gasteiger partial charge >= 0.3 is 0 Å². The maximum atomic E-state index is 12.0. The summed E-state index contributed by atoms with van der Waals surface area (Å²) < 4.78 is 29.2. The summed E-state index contributed by atoms with van der Waals surface area (Å²) >= 11 is 0. The van der Waals surface area contributed by atoms with Crippen molar-refractivity contribution in [2.24, 2.45) is 11.7 Å². The molecule has 0 spiro atoms. The van der Waals surface area contributed by atoms with Gasteiger partial charge < -0.3 is 10.5 Å². The topological polar surface area (TPSA) is 69.4 Å². The predicted octanol–water partition coefficient (Wildman–Crippen LogP) is 2.11. The highest BCUT2D eigenvalue weighted by Gasteiger charge is 2.14. The minimum absolute atomic E-state index is 0.0565. The molecule has 19 heavy (non-hydrogen) atoms. The second-order valence-electron chi connectivity index (χ2n) is 5.12. The van der Waals surface area contributed by atoms with Crippen LogP contribution in [-0.4, -0.2) is 21.3 Å². The van der Waals surface area contributed by atoms with Crippen molar-refractivity contribution in [1.82, 2.24) is 0 Å². The van der Waals surface area contributed by atoms with E-state index in [0.29, 0.717) is 24.6 Å². The number of hydrogen-bond acceptors (Lipinski definition) is 4. The van der Waals surface area contributed by atoms with Crippen molar-refractivity contribution in [2.45, 2.75) is 32.6 Å². The van der Waals surface area contributed by atoms with Crippen molar-refractivity contribution >= 4 is 9.84 Å². The van der Waals surface area contributed by atoms with E-state index < -0.39 is 9.84 Å². The SMILES string of the molecule is COc1cc(CS(=O)(=O)CCC(C)C)ccc1CN. The molecule has 1 aromatic rings. The van der Waals surface area contributed by atoms with E-state index in [0.717, 1.165) is 11.1 Å². The molecule has 2 N–H and O–H groups in total. The molecule has 1 aromatic carbocycles. The minimum atomic E-state index is -3.06. The molecule has 0 atom stereocenters. The monoisotopic (exact) mass is 285 g/mol. The summed E-state index contributed by atoms with van der Waals surface area (Å²) in [7, 11) is -1.50. The summed E-state index contributed by atoms with van der Waals surface area (Å²) in [6.45, 7) is 4.42. The molecule has 108 valence electrons. The quantitative estimate of drug-likeness (QED) is 0.833. The van der Waals surface area contributed by atoms with E-state index in [1.807, 2.05) is 19.9 Å². The lowest BCUT2D eigenvalue weighted by Crippen LogP contribution is -2.11. The number of methoxy groups -OCH3 is 1. The maximum absolute atomic E-state index is 12.0. The smallest absolute Gasteiger partial charge is 0.154 e.